The van der Waals surface area contributed by atoms with Crippen LogP contribution in [-0.2, 0) is 9.59 Å². The molecule has 0 radical (unpaired) electrons. The summed E-state index contributed by atoms with van der Waals surface area (Å²) in [5.41, 5.74) is -4.80. The molecule has 114 valence electrons. The normalized spacial score (nSPS) is 15.0. The average Bonchev–Trinajstić information content (AvgIpc) is 2.42. The second-order valence-corrected chi connectivity index (χ2v) is 3.97. The van der Waals surface area contributed by atoms with Gasteiger partial charge in [0.15, 0.2) is 17.6 Å². The average molecular weight is 302 g/mol. The van der Waals surface area contributed by atoms with E-state index in [9.17, 15) is 34.8 Å². The van der Waals surface area contributed by atoms with E-state index in [-0.39, 0.29) is 0 Å². The second kappa shape index (κ2) is 5.26. The van der Waals surface area contributed by atoms with Crippen molar-refractivity contribution in [2.75, 3.05) is 0 Å². The van der Waals surface area contributed by atoms with Gasteiger partial charge in [-0.05, 0) is 12.1 Å². The molecule has 10 nitrogen and oxygen atoms in total. The highest BCUT2D eigenvalue weighted by Crippen LogP contribution is 2.38. The van der Waals surface area contributed by atoms with Crippen molar-refractivity contribution in [1.82, 2.24) is 0 Å². The third kappa shape index (κ3) is 2.44. The van der Waals surface area contributed by atoms with Gasteiger partial charge in [0, 0.05) is 0 Å². The summed E-state index contributed by atoms with van der Waals surface area (Å²) in [4.78, 5) is 33.5. The minimum Gasteiger partial charge on any atom is -0.504 e. The Morgan fingerprint density at radius 2 is 1.52 bits per heavy atom. The van der Waals surface area contributed by atoms with E-state index in [0.717, 1.165) is 0 Å². The first-order valence-electron chi connectivity index (χ1n) is 5.20. The van der Waals surface area contributed by atoms with Gasteiger partial charge in [0.05, 0.1) is 5.56 Å². The number of aromatic hydroxyl groups is 3. The molecule has 0 fully saturated rings. The molecule has 0 aliphatic rings. The highest BCUT2D eigenvalue weighted by Gasteiger charge is 2.55. The van der Waals surface area contributed by atoms with Crippen molar-refractivity contribution in [3.05, 3.63) is 17.7 Å². The van der Waals surface area contributed by atoms with Crippen LogP contribution in [0.25, 0.3) is 0 Å². The maximum atomic E-state index is 11.9. The summed E-state index contributed by atoms with van der Waals surface area (Å²) >= 11 is 0. The highest BCUT2D eigenvalue weighted by molar-refractivity contribution is 6.18. The monoisotopic (exact) mass is 302 g/mol. The molecular formula is C11H10O10. The maximum absolute atomic E-state index is 11.9. The van der Waals surface area contributed by atoms with E-state index in [0.29, 0.717) is 12.1 Å². The Morgan fingerprint density at radius 3 is 1.95 bits per heavy atom. The van der Waals surface area contributed by atoms with Gasteiger partial charge < -0.3 is 35.7 Å². The number of carbonyl (C=O) groups excluding carboxylic acids is 1. The summed E-state index contributed by atoms with van der Waals surface area (Å²) in [5, 5.41) is 64.0. The first kappa shape index (κ1) is 16.2. The molecule has 0 bridgehead atoms. The molecule has 0 aliphatic heterocycles. The molecule has 2 unspecified atom stereocenters. The number of Topliss-reactive ketones (excluding diaryl/α,β-unsaturated/α-hetero) is 1. The largest absolute Gasteiger partial charge is 0.504 e. The van der Waals surface area contributed by atoms with Crippen molar-refractivity contribution < 1.29 is 50.1 Å². The number of hydrogen-bond acceptors (Lipinski definition) is 8. The van der Waals surface area contributed by atoms with Crippen LogP contribution in [0.5, 0.6) is 17.2 Å². The first-order valence-corrected chi connectivity index (χ1v) is 5.20. The smallest absolute Gasteiger partial charge is 0.347 e. The Hall–Kier alpha value is -2.85. The summed E-state index contributed by atoms with van der Waals surface area (Å²) in [7, 11) is 0. The maximum Gasteiger partial charge on any atom is 0.347 e. The summed E-state index contributed by atoms with van der Waals surface area (Å²) < 4.78 is 0. The van der Waals surface area contributed by atoms with Gasteiger partial charge in [0.25, 0.3) is 5.60 Å². The fourth-order valence-corrected chi connectivity index (χ4v) is 1.47. The Morgan fingerprint density at radius 1 is 1.00 bits per heavy atom. The lowest BCUT2D eigenvalue weighted by molar-refractivity contribution is -0.175. The van der Waals surface area contributed by atoms with Gasteiger partial charge in [0.2, 0.25) is 11.5 Å². The van der Waals surface area contributed by atoms with E-state index in [1.807, 2.05) is 0 Å². The lowest BCUT2D eigenvalue weighted by atomic mass is 9.87. The topological polar surface area (TPSA) is 193 Å². The van der Waals surface area contributed by atoms with Crippen LogP contribution in [0.2, 0.25) is 0 Å². The van der Waals surface area contributed by atoms with E-state index >= 15 is 0 Å². The van der Waals surface area contributed by atoms with Crippen molar-refractivity contribution in [3.63, 3.8) is 0 Å². The van der Waals surface area contributed by atoms with Crippen molar-refractivity contribution in [2.45, 2.75) is 11.7 Å². The van der Waals surface area contributed by atoms with Crippen molar-refractivity contribution >= 4 is 17.7 Å². The minimum atomic E-state index is -3.80. The third-order valence-corrected chi connectivity index (χ3v) is 2.68. The Bertz CT molecular complexity index is 622. The molecule has 0 spiro atoms. The number of aliphatic hydroxyl groups is 2. The SMILES string of the molecule is O=C(O)C(O)C(O)(C(=O)O)C(=O)c1ccc(O)c(O)c1O. The van der Waals surface area contributed by atoms with E-state index < -0.39 is 52.2 Å². The number of carboxylic acids is 2. The van der Waals surface area contributed by atoms with Crippen LogP contribution in [0.4, 0.5) is 0 Å². The van der Waals surface area contributed by atoms with Crippen LogP contribution in [0.15, 0.2) is 12.1 Å². The summed E-state index contributed by atoms with van der Waals surface area (Å²) in [5.74, 6) is -9.78. The fourth-order valence-electron chi connectivity index (χ4n) is 1.47. The first-order chi connectivity index (χ1) is 9.55. The van der Waals surface area contributed by atoms with Crippen LogP contribution in [0, 0.1) is 0 Å². The molecular weight excluding hydrogens is 292 g/mol. The molecule has 10 heteroatoms. The number of rotatable bonds is 5. The Balaban J connectivity index is 3.49. The molecule has 21 heavy (non-hydrogen) atoms. The molecule has 1 aromatic carbocycles. The number of carboxylic acid groups (broad SMARTS) is 2. The van der Waals surface area contributed by atoms with Gasteiger partial charge in [-0.25, -0.2) is 9.59 Å². The zero-order valence-electron chi connectivity index (χ0n) is 10.1. The number of hydrogen-bond donors (Lipinski definition) is 7. The zero-order chi connectivity index (χ0) is 16.5. The van der Waals surface area contributed by atoms with Gasteiger partial charge in [-0.1, -0.05) is 0 Å². The lowest BCUT2D eigenvalue weighted by Crippen LogP contribution is -2.58. The number of benzene rings is 1. The standard InChI is InChI=1S/C11H10O10/c12-4-2-1-3(5(13)6(4)14)7(15)11(21,10(19)20)8(16)9(17)18/h1-2,8,12-14,16,21H,(H,17,18)(H,19,20). The van der Waals surface area contributed by atoms with Gasteiger partial charge in [0.1, 0.15) is 0 Å². The Labute approximate surface area is 115 Å². The molecule has 0 saturated carbocycles. The zero-order valence-corrected chi connectivity index (χ0v) is 10.1. The van der Waals surface area contributed by atoms with Gasteiger partial charge in [-0.3, -0.25) is 4.79 Å². The molecule has 0 aliphatic carbocycles. The molecule has 2 atom stereocenters. The van der Waals surface area contributed by atoms with Crippen molar-refractivity contribution in [3.8, 4) is 17.2 Å². The summed E-state index contributed by atoms with van der Waals surface area (Å²) in [6, 6.07) is 1.33. The molecule has 1 aromatic rings. The number of phenols is 3. The summed E-state index contributed by atoms with van der Waals surface area (Å²) in [6.07, 6.45) is -3.03. The quantitative estimate of drug-likeness (QED) is 0.186. The molecule has 1 rings (SSSR count). The van der Waals surface area contributed by atoms with Gasteiger partial charge in [-0.15, -0.1) is 0 Å². The highest BCUT2D eigenvalue weighted by atomic mass is 16.4. The van der Waals surface area contributed by atoms with Crippen molar-refractivity contribution in [2.24, 2.45) is 0 Å². The second-order valence-electron chi connectivity index (χ2n) is 3.97. The molecule has 7 N–H and O–H groups in total. The third-order valence-electron chi connectivity index (χ3n) is 2.68. The predicted octanol–water partition coefficient (Wildman–Crippen LogP) is -1.75. The van der Waals surface area contributed by atoms with Gasteiger partial charge in [-0.2, -0.15) is 0 Å². The van der Waals surface area contributed by atoms with Crippen LogP contribution in [-0.4, -0.2) is 65.2 Å². The van der Waals surface area contributed by atoms with Crippen LogP contribution >= 0.6 is 0 Å². The lowest BCUT2D eigenvalue weighted by Gasteiger charge is -2.24. The predicted molar refractivity (Wildman–Crippen MR) is 62.0 cm³/mol. The summed E-state index contributed by atoms with van der Waals surface area (Å²) in [6.45, 7) is 0. The number of phenolic OH excluding ortho intramolecular Hbond substituents is 3. The number of aliphatic hydroxyl groups excluding tert-OH is 1. The molecule has 0 heterocycles. The van der Waals surface area contributed by atoms with Crippen LogP contribution in [0.3, 0.4) is 0 Å². The Kier molecular flexibility index (Phi) is 4.06. The van der Waals surface area contributed by atoms with Crippen molar-refractivity contribution in [1.29, 1.82) is 0 Å². The molecule has 0 saturated heterocycles. The molecule has 0 aromatic heterocycles. The van der Waals surface area contributed by atoms with E-state index in [2.05, 4.69) is 0 Å². The van der Waals surface area contributed by atoms with Crippen LogP contribution in [0.1, 0.15) is 10.4 Å². The number of ketones is 1. The van der Waals surface area contributed by atoms with E-state index in [4.69, 9.17) is 15.3 Å². The van der Waals surface area contributed by atoms with E-state index in [1.54, 1.807) is 0 Å². The van der Waals surface area contributed by atoms with E-state index in [1.165, 1.54) is 0 Å². The van der Waals surface area contributed by atoms with Crippen LogP contribution < -0.4 is 0 Å². The number of carbonyl (C=O) groups is 3. The minimum absolute atomic E-state index is 0.634. The number of aliphatic carboxylic acids is 2. The fraction of sp³-hybridized carbons (Fsp3) is 0.182. The molecule has 0 amide bonds. The van der Waals surface area contributed by atoms with Gasteiger partial charge >= 0.3 is 11.9 Å².